The van der Waals surface area contributed by atoms with Gasteiger partial charge in [-0.3, -0.25) is 4.79 Å². The number of anilines is 1. The van der Waals surface area contributed by atoms with Gasteiger partial charge < -0.3 is 9.73 Å². The summed E-state index contributed by atoms with van der Waals surface area (Å²) in [6, 6.07) is 9.82. The van der Waals surface area contributed by atoms with Crippen molar-refractivity contribution in [2.24, 2.45) is 0 Å². The number of rotatable bonds is 8. The third kappa shape index (κ3) is 4.46. The number of benzene rings is 1. The standard InChI is InChI=1S/C17H22N2O4S/c1-3-19(4-2)24(21,22)16-10-7-14(8-11-16)18-17(20)12-9-15-6-5-13-23-15/h5-8,10-11,13H,3-4,9,12H2,1-2H3,(H,18,20). The summed E-state index contributed by atoms with van der Waals surface area (Å²) in [4.78, 5) is 12.1. The number of sulfonamides is 1. The molecule has 2 rings (SSSR count). The molecule has 24 heavy (non-hydrogen) atoms. The first-order valence-electron chi connectivity index (χ1n) is 7.89. The summed E-state index contributed by atoms with van der Waals surface area (Å²) in [5.41, 5.74) is 0.568. The highest BCUT2D eigenvalue weighted by Gasteiger charge is 2.21. The molecule has 2 aromatic rings. The summed E-state index contributed by atoms with van der Waals surface area (Å²) < 4.78 is 31.4. The van der Waals surface area contributed by atoms with E-state index < -0.39 is 10.0 Å². The lowest BCUT2D eigenvalue weighted by molar-refractivity contribution is -0.116. The number of hydrogen-bond donors (Lipinski definition) is 1. The Morgan fingerprint density at radius 1 is 1.12 bits per heavy atom. The molecule has 0 radical (unpaired) electrons. The van der Waals surface area contributed by atoms with Crippen LogP contribution in [0.25, 0.3) is 0 Å². The van der Waals surface area contributed by atoms with Crippen molar-refractivity contribution in [1.29, 1.82) is 0 Å². The van der Waals surface area contributed by atoms with E-state index in [-0.39, 0.29) is 10.8 Å². The first-order chi connectivity index (χ1) is 11.5. The number of carbonyl (C=O) groups excluding carboxylic acids is 1. The molecule has 0 spiro atoms. The number of nitrogens with zero attached hydrogens (tertiary/aromatic N) is 1. The molecule has 0 atom stereocenters. The van der Waals surface area contributed by atoms with E-state index in [0.29, 0.717) is 31.6 Å². The molecule has 0 saturated carbocycles. The second-order valence-electron chi connectivity index (χ2n) is 5.24. The van der Waals surface area contributed by atoms with Crippen molar-refractivity contribution in [1.82, 2.24) is 4.31 Å². The van der Waals surface area contributed by atoms with Crippen LogP contribution in [0.5, 0.6) is 0 Å². The first kappa shape index (κ1) is 18.2. The Balaban J connectivity index is 1.97. The van der Waals surface area contributed by atoms with E-state index >= 15 is 0 Å². The van der Waals surface area contributed by atoms with Crippen molar-refractivity contribution in [3.8, 4) is 0 Å². The monoisotopic (exact) mass is 350 g/mol. The van der Waals surface area contributed by atoms with Gasteiger partial charge in [-0.05, 0) is 36.4 Å². The van der Waals surface area contributed by atoms with Gasteiger partial charge in [0, 0.05) is 31.6 Å². The van der Waals surface area contributed by atoms with E-state index in [4.69, 9.17) is 4.42 Å². The lowest BCUT2D eigenvalue weighted by Gasteiger charge is -2.18. The summed E-state index contributed by atoms with van der Waals surface area (Å²) >= 11 is 0. The van der Waals surface area contributed by atoms with Gasteiger partial charge in [0.1, 0.15) is 5.76 Å². The van der Waals surface area contributed by atoms with Crippen LogP contribution in [0.1, 0.15) is 26.0 Å². The second-order valence-corrected chi connectivity index (χ2v) is 7.18. The molecule has 1 heterocycles. The van der Waals surface area contributed by atoms with E-state index in [2.05, 4.69) is 5.32 Å². The Morgan fingerprint density at radius 3 is 2.33 bits per heavy atom. The average Bonchev–Trinajstić information content (AvgIpc) is 3.08. The molecule has 0 bridgehead atoms. The van der Waals surface area contributed by atoms with E-state index in [1.54, 1.807) is 38.3 Å². The number of hydrogen-bond acceptors (Lipinski definition) is 4. The van der Waals surface area contributed by atoms with Crippen LogP contribution in [-0.2, 0) is 21.2 Å². The Kier molecular flexibility index (Phi) is 6.16. The van der Waals surface area contributed by atoms with Gasteiger partial charge in [-0.2, -0.15) is 4.31 Å². The summed E-state index contributed by atoms with van der Waals surface area (Å²) in [5, 5.41) is 2.75. The molecule has 0 aliphatic rings. The van der Waals surface area contributed by atoms with Crippen LogP contribution >= 0.6 is 0 Å². The van der Waals surface area contributed by atoms with Crippen LogP contribution in [0.3, 0.4) is 0 Å². The van der Waals surface area contributed by atoms with Crippen LogP contribution < -0.4 is 5.32 Å². The lowest BCUT2D eigenvalue weighted by Crippen LogP contribution is -2.30. The smallest absolute Gasteiger partial charge is 0.243 e. The minimum atomic E-state index is -3.48. The number of aryl methyl sites for hydroxylation is 1. The van der Waals surface area contributed by atoms with Crippen molar-refractivity contribution in [2.75, 3.05) is 18.4 Å². The Labute approximate surface area is 142 Å². The zero-order chi connectivity index (χ0) is 17.6. The van der Waals surface area contributed by atoms with Crippen LogP contribution in [0.2, 0.25) is 0 Å². The zero-order valence-corrected chi connectivity index (χ0v) is 14.7. The Hall–Kier alpha value is -2.12. The highest BCUT2D eigenvalue weighted by Crippen LogP contribution is 2.18. The molecular formula is C17H22N2O4S. The van der Waals surface area contributed by atoms with Crippen molar-refractivity contribution in [2.45, 2.75) is 31.6 Å². The fourth-order valence-corrected chi connectivity index (χ4v) is 3.80. The predicted octanol–water partition coefficient (Wildman–Crippen LogP) is 2.88. The zero-order valence-electron chi connectivity index (χ0n) is 13.9. The van der Waals surface area contributed by atoms with Gasteiger partial charge >= 0.3 is 0 Å². The number of carbonyl (C=O) groups is 1. The molecule has 1 amide bonds. The summed E-state index contributed by atoms with van der Waals surface area (Å²) in [7, 11) is -3.48. The maximum Gasteiger partial charge on any atom is 0.243 e. The molecule has 0 fully saturated rings. The van der Waals surface area contributed by atoms with E-state index in [1.165, 1.54) is 16.4 Å². The summed E-state index contributed by atoms with van der Waals surface area (Å²) in [6.07, 6.45) is 2.39. The fraction of sp³-hybridized carbons (Fsp3) is 0.353. The topological polar surface area (TPSA) is 79.6 Å². The molecule has 1 aromatic carbocycles. The van der Waals surface area contributed by atoms with Crippen molar-refractivity contribution < 1.29 is 17.6 Å². The van der Waals surface area contributed by atoms with Gasteiger partial charge in [0.05, 0.1) is 11.2 Å². The molecule has 130 valence electrons. The second kappa shape index (κ2) is 8.12. The maximum atomic E-state index is 12.4. The fourth-order valence-electron chi connectivity index (χ4n) is 2.34. The molecule has 1 N–H and O–H groups in total. The van der Waals surface area contributed by atoms with Crippen LogP contribution in [-0.4, -0.2) is 31.7 Å². The number of nitrogens with one attached hydrogen (secondary N) is 1. The van der Waals surface area contributed by atoms with Crippen molar-refractivity contribution >= 4 is 21.6 Å². The SMILES string of the molecule is CCN(CC)S(=O)(=O)c1ccc(NC(=O)CCc2ccco2)cc1. The van der Waals surface area contributed by atoms with Crippen LogP contribution in [0, 0.1) is 0 Å². The van der Waals surface area contributed by atoms with Gasteiger partial charge in [-0.25, -0.2) is 8.42 Å². The normalized spacial score (nSPS) is 11.6. The van der Waals surface area contributed by atoms with E-state index in [9.17, 15) is 13.2 Å². The average molecular weight is 350 g/mol. The van der Waals surface area contributed by atoms with Crippen molar-refractivity contribution in [3.05, 3.63) is 48.4 Å². The van der Waals surface area contributed by atoms with Gasteiger partial charge in [0.15, 0.2) is 0 Å². The minimum Gasteiger partial charge on any atom is -0.469 e. The maximum absolute atomic E-state index is 12.4. The molecule has 0 aliphatic carbocycles. The molecule has 0 saturated heterocycles. The molecule has 0 aliphatic heterocycles. The molecular weight excluding hydrogens is 328 g/mol. The van der Waals surface area contributed by atoms with E-state index in [0.717, 1.165) is 5.76 Å². The Bertz CT molecular complexity index is 748. The number of amides is 1. The van der Waals surface area contributed by atoms with Crippen LogP contribution in [0.15, 0.2) is 52.0 Å². The van der Waals surface area contributed by atoms with Gasteiger partial charge in [0.2, 0.25) is 15.9 Å². The molecule has 6 nitrogen and oxygen atoms in total. The van der Waals surface area contributed by atoms with Gasteiger partial charge in [0.25, 0.3) is 0 Å². The first-order valence-corrected chi connectivity index (χ1v) is 9.33. The highest BCUT2D eigenvalue weighted by molar-refractivity contribution is 7.89. The predicted molar refractivity (Wildman–Crippen MR) is 92.2 cm³/mol. The van der Waals surface area contributed by atoms with Crippen molar-refractivity contribution in [3.63, 3.8) is 0 Å². The highest BCUT2D eigenvalue weighted by atomic mass is 32.2. The summed E-state index contributed by atoms with van der Waals surface area (Å²) in [6.45, 7) is 4.44. The summed E-state index contributed by atoms with van der Waals surface area (Å²) in [5.74, 6) is 0.608. The minimum absolute atomic E-state index is 0.147. The van der Waals surface area contributed by atoms with Gasteiger partial charge in [-0.1, -0.05) is 13.8 Å². The third-order valence-electron chi connectivity index (χ3n) is 3.66. The largest absolute Gasteiger partial charge is 0.469 e. The molecule has 1 aromatic heterocycles. The quantitative estimate of drug-likeness (QED) is 0.794. The lowest BCUT2D eigenvalue weighted by atomic mass is 10.2. The number of furan rings is 1. The Morgan fingerprint density at radius 2 is 1.79 bits per heavy atom. The van der Waals surface area contributed by atoms with E-state index in [1.807, 2.05) is 6.07 Å². The van der Waals surface area contributed by atoms with Gasteiger partial charge in [-0.15, -0.1) is 0 Å². The third-order valence-corrected chi connectivity index (χ3v) is 5.72. The van der Waals surface area contributed by atoms with Crippen LogP contribution in [0.4, 0.5) is 5.69 Å². The molecule has 7 heteroatoms. The molecule has 0 unspecified atom stereocenters.